The van der Waals surface area contributed by atoms with Crippen molar-refractivity contribution in [2.45, 2.75) is 50.0 Å². The highest BCUT2D eigenvalue weighted by molar-refractivity contribution is 7.89. The largest absolute Gasteiger partial charge is 0.497 e. The van der Waals surface area contributed by atoms with Gasteiger partial charge in [0.2, 0.25) is 10.0 Å². The number of ether oxygens (including phenoxy) is 2. The number of nitrogens with zero attached hydrogens (tertiary/aromatic N) is 1. The zero-order valence-electron chi connectivity index (χ0n) is 19.0. The van der Waals surface area contributed by atoms with Crippen molar-refractivity contribution in [3.8, 4) is 11.5 Å². The van der Waals surface area contributed by atoms with Gasteiger partial charge < -0.3 is 14.4 Å². The lowest BCUT2D eigenvalue weighted by molar-refractivity contribution is 0.0758. The van der Waals surface area contributed by atoms with E-state index in [4.69, 9.17) is 9.47 Å². The molecule has 1 aliphatic heterocycles. The molecule has 0 saturated carbocycles. The molecule has 3 rings (SSSR count). The highest BCUT2D eigenvalue weighted by atomic mass is 32.2. The summed E-state index contributed by atoms with van der Waals surface area (Å²) < 4.78 is 39.7. The highest BCUT2D eigenvalue weighted by Gasteiger charge is 2.26. The topological polar surface area (TPSA) is 84.9 Å². The Balaban J connectivity index is 1.88. The summed E-state index contributed by atoms with van der Waals surface area (Å²) in [6, 6.07) is 11.3. The van der Waals surface area contributed by atoms with Crippen molar-refractivity contribution in [2.75, 3.05) is 27.3 Å². The molecule has 1 saturated heterocycles. The van der Waals surface area contributed by atoms with Crippen molar-refractivity contribution in [1.29, 1.82) is 0 Å². The quantitative estimate of drug-likeness (QED) is 0.640. The van der Waals surface area contributed by atoms with E-state index in [2.05, 4.69) is 4.72 Å². The van der Waals surface area contributed by atoms with Gasteiger partial charge in [-0.15, -0.1) is 0 Å². The van der Waals surface area contributed by atoms with E-state index in [9.17, 15) is 13.2 Å². The molecule has 0 aliphatic carbocycles. The maximum absolute atomic E-state index is 13.2. The van der Waals surface area contributed by atoms with Gasteiger partial charge in [0, 0.05) is 19.1 Å². The van der Waals surface area contributed by atoms with Gasteiger partial charge in [-0.3, -0.25) is 4.79 Å². The normalized spacial score (nSPS) is 15.7. The summed E-state index contributed by atoms with van der Waals surface area (Å²) in [6.45, 7) is 3.26. The number of hydrogen-bond donors (Lipinski definition) is 1. The first kappa shape index (κ1) is 24.1. The molecule has 1 unspecified atom stereocenters. The molecule has 1 amide bonds. The van der Waals surface area contributed by atoms with E-state index in [-0.39, 0.29) is 16.4 Å². The van der Waals surface area contributed by atoms with Crippen molar-refractivity contribution in [3.05, 3.63) is 53.6 Å². The molecule has 0 bridgehead atoms. The molecule has 1 N–H and O–H groups in total. The number of benzene rings is 2. The number of nitrogens with one attached hydrogen (secondary N) is 1. The van der Waals surface area contributed by atoms with Crippen LogP contribution in [0.1, 0.15) is 61.0 Å². The minimum atomic E-state index is -3.86. The summed E-state index contributed by atoms with van der Waals surface area (Å²) in [6.07, 6.45) is 4.68. The van der Waals surface area contributed by atoms with Gasteiger partial charge in [0.1, 0.15) is 11.5 Å². The van der Waals surface area contributed by atoms with Gasteiger partial charge in [-0.25, -0.2) is 13.1 Å². The average Bonchev–Trinajstić information content (AvgIpc) is 3.11. The zero-order chi connectivity index (χ0) is 23.1. The molecular weight excluding hydrogens is 428 g/mol. The molecular formula is C24H32N2O5S. The first-order valence-corrected chi connectivity index (χ1v) is 12.5. The van der Waals surface area contributed by atoms with E-state index >= 15 is 0 Å². The molecule has 8 heteroatoms. The smallest absolute Gasteiger partial charge is 0.257 e. The number of amides is 1. The Labute approximate surface area is 190 Å². The maximum atomic E-state index is 13.2. The molecule has 0 radical (unpaired) electrons. The summed E-state index contributed by atoms with van der Waals surface area (Å²) in [5, 5.41) is 0. The number of likely N-dealkylation sites (tertiary alicyclic amines) is 1. The standard InChI is InChI=1S/C24H32N2O5S/c1-4-22(18-9-11-19(30-2)12-10-18)25-32(28,29)20-13-14-23(31-3)21(17-20)24(27)26-15-7-5-6-8-16-26/h9-14,17,22,25H,4-8,15-16H2,1-3H3. The van der Waals surface area contributed by atoms with E-state index in [1.165, 1.54) is 19.2 Å². The molecule has 7 nitrogen and oxygen atoms in total. The van der Waals surface area contributed by atoms with E-state index in [1.54, 1.807) is 30.2 Å². The van der Waals surface area contributed by atoms with Crippen molar-refractivity contribution < 1.29 is 22.7 Å². The maximum Gasteiger partial charge on any atom is 0.257 e. The van der Waals surface area contributed by atoms with E-state index in [0.717, 1.165) is 31.2 Å². The van der Waals surface area contributed by atoms with Gasteiger partial charge in [-0.2, -0.15) is 0 Å². The fourth-order valence-electron chi connectivity index (χ4n) is 3.94. The zero-order valence-corrected chi connectivity index (χ0v) is 19.8. The third-order valence-corrected chi connectivity index (χ3v) is 7.30. The van der Waals surface area contributed by atoms with Gasteiger partial charge in [0.25, 0.3) is 5.91 Å². The molecule has 1 fully saturated rings. The highest BCUT2D eigenvalue weighted by Crippen LogP contribution is 2.27. The van der Waals surface area contributed by atoms with Gasteiger partial charge in [0.15, 0.2) is 0 Å². The Morgan fingerprint density at radius 1 is 1.00 bits per heavy atom. The summed E-state index contributed by atoms with van der Waals surface area (Å²) in [4.78, 5) is 15.0. The number of carbonyl (C=O) groups excluding carboxylic acids is 1. The molecule has 0 spiro atoms. The van der Waals surface area contributed by atoms with Crippen LogP contribution >= 0.6 is 0 Å². The Bertz CT molecular complexity index is 1010. The predicted octanol–water partition coefficient (Wildman–Crippen LogP) is 4.15. The first-order chi connectivity index (χ1) is 15.4. The van der Waals surface area contributed by atoms with E-state index < -0.39 is 16.1 Å². The second-order valence-corrected chi connectivity index (χ2v) is 9.64. The average molecular weight is 461 g/mol. The van der Waals surface area contributed by atoms with Crippen LogP contribution in [-0.2, 0) is 10.0 Å². The summed E-state index contributed by atoms with van der Waals surface area (Å²) in [5.74, 6) is 0.890. The van der Waals surface area contributed by atoms with Gasteiger partial charge >= 0.3 is 0 Å². The number of methoxy groups -OCH3 is 2. The number of hydrogen-bond acceptors (Lipinski definition) is 5. The van der Waals surface area contributed by atoms with Crippen LogP contribution in [0.2, 0.25) is 0 Å². The molecule has 174 valence electrons. The first-order valence-electron chi connectivity index (χ1n) is 11.0. The SMILES string of the molecule is CCC(NS(=O)(=O)c1ccc(OC)c(C(=O)N2CCCCCC2)c1)c1ccc(OC)cc1. The fraction of sp³-hybridized carbons (Fsp3) is 0.458. The molecule has 32 heavy (non-hydrogen) atoms. The van der Waals surface area contributed by atoms with Gasteiger partial charge in [-0.05, 0) is 55.2 Å². The minimum absolute atomic E-state index is 0.0448. The van der Waals surface area contributed by atoms with Crippen molar-refractivity contribution >= 4 is 15.9 Å². The Kier molecular flexibility index (Phi) is 8.15. The van der Waals surface area contributed by atoms with Crippen LogP contribution < -0.4 is 14.2 Å². The van der Waals surface area contributed by atoms with Crippen LogP contribution in [0.25, 0.3) is 0 Å². The second-order valence-electron chi connectivity index (χ2n) is 7.92. The molecule has 1 heterocycles. The van der Waals surface area contributed by atoms with Gasteiger partial charge in [0.05, 0.1) is 24.7 Å². The molecule has 1 atom stereocenters. The van der Waals surface area contributed by atoms with Crippen molar-refractivity contribution in [1.82, 2.24) is 9.62 Å². The Hall–Kier alpha value is -2.58. The summed E-state index contributed by atoms with van der Waals surface area (Å²) in [5.41, 5.74) is 1.11. The third-order valence-electron chi connectivity index (χ3n) is 5.83. The lowest BCUT2D eigenvalue weighted by Crippen LogP contribution is -2.32. The summed E-state index contributed by atoms with van der Waals surface area (Å²) >= 11 is 0. The van der Waals surface area contributed by atoms with Crippen LogP contribution in [0.15, 0.2) is 47.4 Å². The van der Waals surface area contributed by atoms with Crippen LogP contribution in [0.5, 0.6) is 11.5 Å². The van der Waals surface area contributed by atoms with Crippen molar-refractivity contribution in [3.63, 3.8) is 0 Å². The third kappa shape index (κ3) is 5.61. The molecule has 1 aliphatic rings. The van der Waals surface area contributed by atoms with Crippen LogP contribution in [-0.4, -0.2) is 46.5 Å². The van der Waals surface area contributed by atoms with Crippen molar-refractivity contribution in [2.24, 2.45) is 0 Å². The fourth-order valence-corrected chi connectivity index (χ4v) is 5.28. The lowest BCUT2D eigenvalue weighted by atomic mass is 10.1. The Morgan fingerprint density at radius 2 is 1.66 bits per heavy atom. The second kappa shape index (κ2) is 10.8. The van der Waals surface area contributed by atoms with Gasteiger partial charge in [-0.1, -0.05) is 31.9 Å². The van der Waals surface area contributed by atoms with E-state index in [0.29, 0.717) is 31.0 Å². The molecule has 2 aromatic carbocycles. The van der Waals surface area contributed by atoms with E-state index in [1.807, 2.05) is 19.1 Å². The van der Waals surface area contributed by atoms with Crippen LogP contribution in [0.4, 0.5) is 0 Å². The number of sulfonamides is 1. The molecule has 2 aromatic rings. The van der Waals surface area contributed by atoms with Crippen LogP contribution in [0, 0.1) is 0 Å². The monoisotopic (exact) mass is 460 g/mol. The summed E-state index contributed by atoms with van der Waals surface area (Å²) in [7, 11) is -0.792. The molecule has 0 aromatic heterocycles. The number of rotatable bonds is 8. The minimum Gasteiger partial charge on any atom is -0.497 e. The van der Waals surface area contributed by atoms with Crippen LogP contribution in [0.3, 0.4) is 0 Å². The lowest BCUT2D eigenvalue weighted by Gasteiger charge is -2.22. The Morgan fingerprint density at radius 3 is 2.22 bits per heavy atom. The predicted molar refractivity (Wildman–Crippen MR) is 124 cm³/mol. The number of carbonyl (C=O) groups is 1.